The number of hydrogen-bond donors (Lipinski definition) is 2. The van der Waals surface area contributed by atoms with Crippen molar-refractivity contribution in [1.82, 2.24) is 20.2 Å². The molecule has 1 aromatic rings. The highest BCUT2D eigenvalue weighted by atomic mass is 16.2. The van der Waals surface area contributed by atoms with E-state index in [4.69, 9.17) is 0 Å². The molecule has 2 heterocycles. The predicted molar refractivity (Wildman–Crippen MR) is 78.4 cm³/mol. The van der Waals surface area contributed by atoms with E-state index in [-0.39, 0.29) is 11.9 Å². The maximum Gasteiger partial charge on any atom is 0.237 e. The van der Waals surface area contributed by atoms with Crippen LogP contribution in [-0.4, -0.2) is 46.5 Å². The Labute approximate surface area is 120 Å². The van der Waals surface area contributed by atoms with Crippen molar-refractivity contribution >= 4 is 11.7 Å². The Kier molecular flexibility index (Phi) is 4.89. The molecule has 6 nitrogen and oxygen atoms in total. The number of nitrogens with one attached hydrogen (secondary N) is 2. The molecule has 1 saturated heterocycles. The molecule has 0 spiro atoms. The van der Waals surface area contributed by atoms with E-state index in [2.05, 4.69) is 32.4 Å². The van der Waals surface area contributed by atoms with E-state index in [1.165, 1.54) is 0 Å². The standard InChI is InChI=1S/C14H23N5O/c1-4-5-15-12-8-10(2)17-13(18-12)9-19-7-6-16-14(20)11(19)3/h8,11H,4-7,9H2,1-3H3,(H,16,20)(H,15,17,18). The van der Waals surface area contributed by atoms with E-state index >= 15 is 0 Å². The third-order valence-electron chi connectivity index (χ3n) is 3.43. The lowest BCUT2D eigenvalue weighted by atomic mass is 10.2. The Hall–Kier alpha value is -1.69. The zero-order valence-corrected chi connectivity index (χ0v) is 12.4. The summed E-state index contributed by atoms with van der Waals surface area (Å²) < 4.78 is 0. The van der Waals surface area contributed by atoms with Gasteiger partial charge in [0.2, 0.25) is 5.91 Å². The van der Waals surface area contributed by atoms with Gasteiger partial charge in [0.1, 0.15) is 11.6 Å². The minimum absolute atomic E-state index is 0.0771. The maximum absolute atomic E-state index is 11.7. The molecule has 0 aliphatic carbocycles. The summed E-state index contributed by atoms with van der Waals surface area (Å²) in [5.41, 5.74) is 0.947. The molecule has 1 aliphatic rings. The van der Waals surface area contributed by atoms with Gasteiger partial charge in [-0.15, -0.1) is 0 Å². The van der Waals surface area contributed by atoms with E-state index in [9.17, 15) is 4.79 Å². The van der Waals surface area contributed by atoms with Gasteiger partial charge >= 0.3 is 0 Å². The lowest BCUT2D eigenvalue weighted by molar-refractivity contribution is -0.128. The van der Waals surface area contributed by atoms with Crippen LogP contribution in [0.5, 0.6) is 0 Å². The first-order valence-corrected chi connectivity index (χ1v) is 7.20. The summed E-state index contributed by atoms with van der Waals surface area (Å²) in [7, 11) is 0. The van der Waals surface area contributed by atoms with Crippen LogP contribution in [0.15, 0.2) is 6.07 Å². The minimum atomic E-state index is -0.125. The number of aromatic nitrogens is 2. The van der Waals surface area contributed by atoms with Gasteiger partial charge in [0.05, 0.1) is 12.6 Å². The average Bonchev–Trinajstić information content (AvgIpc) is 2.41. The Morgan fingerprint density at radius 1 is 1.50 bits per heavy atom. The van der Waals surface area contributed by atoms with Crippen molar-refractivity contribution < 1.29 is 4.79 Å². The quantitative estimate of drug-likeness (QED) is 0.838. The van der Waals surface area contributed by atoms with Crippen molar-refractivity contribution in [3.63, 3.8) is 0 Å². The Bertz CT molecular complexity index is 477. The highest BCUT2D eigenvalue weighted by molar-refractivity contribution is 5.81. The Morgan fingerprint density at radius 2 is 2.30 bits per heavy atom. The highest BCUT2D eigenvalue weighted by Gasteiger charge is 2.25. The predicted octanol–water partition coefficient (Wildman–Crippen LogP) is 0.927. The molecule has 1 unspecified atom stereocenters. The fourth-order valence-corrected chi connectivity index (χ4v) is 2.27. The van der Waals surface area contributed by atoms with Crippen LogP contribution in [-0.2, 0) is 11.3 Å². The smallest absolute Gasteiger partial charge is 0.237 e. The number of aryl methyl sites for hydroxylation is 1. The number of carbonyl (C=O) groups excluding carboxylic acids is 1. The molecule has 1 fully saturated rings. The summed E-state index contributed by atoms with van der Waals surface area (Å²) in [5.74, 6) is 1.71. The molecule has 20 heavy (non-hydrogen) atoms. The average molecular weight is 277 g/mol. The fourth-order valence-electron chi connectivity index (χ4n) is 2.27. The van der Waals surface area contributed by atoms with E-state index in [1.807, 2.05) is 19.9 Å². The SMILES string of the molecule is CCCNc1cc(C)nc(CN2CCNC(=O)C2C)n1. The van der Waals surface area contributed by atoms with Gasteiger partial charge in [-0.1, -0.05) is 6.92 Å². The van der Waals surface area contributed by atoms with Gasteiger partial charge in [0.25, 0.3) is 0 Å². The fraction of sp³-hybridized carbons (Fsp3) is 0.643. The number of piperazine rings is 1. The molecule has 110 valence electrons. The van der Waals surface area contributed by atoms with Gasteiger partial charge in [-0.25, -0.2) is 9.97 Å². The molecular weight excluding hydrogens is 254 g/mol. The van der Waals surface area contributed by atoms with Crippen LogP contribution in [0.25, 0.3) is 0 Å². The summed E-state index contributed by atoms with van der Waals surface area (Å²) in [4.78, 5) is 22.8. The molecular formula is C14H23N5O. The van der Waals surface area contributed by atoms with Gasteiger partial charge in [0, 0.05) is 31.4 Å². The van der Waals surface area contributed by atoms with E-state index < -0.39 is 0 Å². The number of anilines is 1. The topological polar surface area (TPSA) is 70.2 Å². The van der Waals surface area contributed by atoms with Crippen LogP contribution >= 0.6 is 0 Å². The molecule has 1 atom stereocenters. The first-order chi connectivity index (χ1) is 9.60. The molecule has 0 saturated carbocycles. The summed E-state index contributed by atoms with van der Waals surface area (Å²) in [5, 5.41) is 6.15. The number of nitrogens with zero attached hydrogens (tertiary/aromatic N) is 3. The van der Waals surface area contributed by atoms with E-state index in [0.717, 1.165) is 36.8 Å². The number of carbonyl (C=O) groups is 1. The summed E-state index contributed by atoms with van der Waals surface area (Å²) >= 11 is 0. The first kappa shape index (κ1) is 14.7. The second kappa shape index (κ2) is 6.65. The van der Waals surface area contributed by atoms with Gasteiger partial charge < -0.3 is 10.6 Å². The molecule has 1 aromatic heterocycles. The monoisotopic (exact) mass is 277 g/mol. The van der Waals surface area contributed by atoms with Crippen molar-refractivity contribution in [2.45, 2.75) is 39.8 Å². The van der Waals surface area contributed by atoms with Gasteiger partial charge in [0.15, 0.2) is 0 Å². The van der Waals surface area contributed by atoms with E-state index in [0.29, 0.717) is 13.1 Å². The Morgan fingerprint density at radius 3 is 3.05 bits per heavy atom. The zero-order valence-electron chi connectivity index (χ0n) is 12.4. The summed E-state index contributed by atoms with van der Waals surface area (Å²) in [6.07, 6.45) is 1.06. The van der Waals surface area contributed by atoms with Crippen LogP contribution in [0.1, 0.15) is 31.8 Å². The molecule has 6 heteroatoms. The van der Waals surface area contributed by atoms with Gasteiger partial charge in [-0.2, -0.15) is 0 Å². The number of hydrogen-bond acceptors (Lipinski definition) is 5. The molecule has 1 aliphatic heterocycles. The number of amides is 1. The number of rotatable bonds is 5. The third-order valence-corrected chi connectivity index (χ3v) is 3.43. The zero-order chi connectivity index (χ0) is 14.5. The van der Waals surface area contributed by atoms with Gasteiger partial charge in [-0.3, -0.25) is 9.69 Å². The third kappa shape index (κ3) is 3.66. The van der Waals surface area contributed by atoms with Crippen LogP contribution in [0.2, 0.25) is 0 Å². The largest absolute Gasteiger partial charge is 0.370 e. The lowest BCUT2D eigenvalue weighted by Gasteiger charge is -2.32. The van der Waals surface area contributed by atoms with Crippen molar-refractivity contribution in [3.05, 3.63) is 17.6 Å². The normalized spacial score (nSPS) is 19.8. The van der Waals surface area contributed by atoms with Crippen molar-refractivity contribution in [1.29, 1.82) is 0 Å². The maximum atomic E-state index is 11.7. The minimum Gasteiger partial charge on any atom is -0.370 e. The lowest BCUT2D eigenvalue weighted by Crippen LogP contribution is -2.53. The molecule has 0 radical (unpaired) electrons. The van der Waals surface area contributed by atoms with Crippen molar-refractivity contribution in [2.75, 3.05) is 25.0 Å². The molecule has 2 N–H and O–H groups in total. The second-order valence-corrected chi connectivity index (χ2v) is 5.18. The molecule has 2 rings (SSSR count). The van der Waals surface area contributed by atoms with Gasteiger partial charge in [-0.05, 0) is 20.3 Å². The van der Waals surface area contributed by atoms with Crippen molar-refractivity contribution in [3.8, 4) is 0 Å². The van der Waals surface area contributed by atoms with Crippen LogP contribution in [0, 0.1) is 6.92 Å². The van der Waals surface area contributed by atoms with Crippen molar-refractivity contribution in [2.24, 2.45) is 0 Å². The summed E-state index contributed by atoms with van der Waals surface area (Å²) in [6, 6.07) is 1.82. The van der Waals surface area contributed by atoms with Crippen LogP contribution < -0.4 is 10.6 Å². The van der Waals surface area contributed by atoms with Crippen LogP contribution in [0.3, 0.4) is 0 Å². The summed E-state index contributed by atoms with van der Waals surface area (Å²) in [6.45, 7) is 9.04. The first-order valence-electron chi connectivity index (χ1n) is 7.20. The molecule has 1 amide bonds. The molecule has 0 bridgehead atoms. The second-order valence-electron chi connectivity index (χ2n) is 5.18. The van der Waals surface area contributed by atoms with Crippen LogP contribution in [0.4, 0.5) is 5.82 Å². The molecule has 0 aromatic carbocycles. The van der Waals surface area contributed by atoms with E-state index in [1.54, 1.807) is 0 Å². The Balaban J connectivity index is 2.08. The highest BCUT2D eigenvalue weighted by Crippen LogP contribution is 2.11.